The van der Waals surface area contributed by atoms with Crippen molar-refractivity contribution in [2.75, 3.05) is 6.61 Å². The molecule has 0 aliphatic carbocycles. The summed E-state index contributed by atoms with van der Waals surface area (Å²) in [5.41, 5.74) is 0. The second kappa shape index (κ2) is 40.9. The minimum atomic E-state index is -1.09. The van der Waals surface area contributed by atoms with Gasteiger partial charge in [0.15, 0.2) is 0 Å². The maximum Gasteiger partial charge on any atom is 0.249 e. The molecule has 0 bridgehead atoms. The number of allylic oxidation sites excluding steroid dienone is 1. The van der Waals surface area contributed by atoms with E-state index in [0.717, 1.165) is 32.1 Å². The standard InChI is InChI=1S/C45H89NO4/c1-3-5-7-9-11-13-15-17-18-19-20-21-22-23-24-25-26-27-28-30-32-34-36-38-40-44(49)45(50)46-42(41-47)43(48)39-37-35-33-31-29-16-14-12-10-8-6-4-2/h37,39,42-44,47-49H,3-36,38,40-41H2,1-2H3,(H,46,50)/b39-37+. The maximum atomic E-state index is 12.4. The average molecular weight is 708 g/mol. The number of hydrogen-bond donors (Lipinski definition) is 4. The molecule has 50 heavy (non-hydrogen) atoms. The zero-order valence-electron chi connectivity index (χ0n) is 33.8. The zero-order chi connectivity index (χ0) is 36.6. The van der Waals surface area contributed by atoms with E-state index in [4.69, 9.17) is 0 Å². The SMILES string of the molecule is CCCCCCCCCCCC/C=C/C(O)C(CO)NC(=O)C(O)CCCCCCCCCCCCCCCCCCCCCCCCCC. The van der Waals surface area contributed by atoms with Gasteiger partial charge in [0.2, 0.25) is 5.91 Å². The van der Waals surface area contributed by atoms with Gasteiger partial charge in [-0.05, 0) is 19.3 Å². The first kappa shape index (κ1) is 49.1. The molecule has 5 heteroatoms. The number of hydrogen-bond acceptors (Lipinski definition) is 4. The van der Waals surface area contributed by atoms with E-state index in [1.54, 1.807) is 6.08 Å². The molecule has 0 radical (unpaired) electrons. The Hall–Kier alpha value is -0.910. The summed E-state index contributed by atoms with van der Waals surface area (Å²) in [5, 5.41) is 33.1. The van der Waals surface area contributed by atoms with Crippen molar-refractivity contribution in [1.82, 2.24) is 5.32 Å². The van der Waals surface area contributed by atoms with Crippen LogP contribution in [0.15, 0.2) is 12.2 Å². The number of unbranched alkanes of at least 4 members (excludes halogenated alkanes) is 33. The predicted octanol–water partition coefficient (Wildman–Crippen LogP) is 12.8. The van der Waals surface area contributed by atoms with Crippen LogP contribution in [0, 0.1) is 0 Å². The molecule has 0 saturated carbocycles. The van der Waals surface area contributed by atoms with Crippen molar-refractivity contribution in [2.24, 2.45) is 0 Å². The van der Waals surface area contributed by atoms with E-state index in [9.17, 15) is 20.1 Å². The Morgan fingerprint density at radius 2 is 0.780 bits per heavy atom. The third-order valence-corrected chi connectivity index (χ3v) is 10.6. The fourth-order valence-corrected chi connectivity index (χ4v) is 7.07. The molecular weight excluding hydrogens is 618 g/mol. The third kappa shape index (κ3) is 35.5. The summed E-state index contributed by atoms with van der Waals surface area (Å²) in [6, 6.07) is -0.791. The van der Waals surface area contributed by atoms with Crippen molar-refractivity contribution in [1.29, 1.82) is 0 Å². The van der Waals surface area contributed by atoms with Crippen LogP contribution in [0.5, 0.6) is 0 Å². The molecule has 3 unspecified atom stereocenters. The van der Waals surface area contributed by atoms with Crippen LogP contribution in [0.2, 0.25) is 0 Å². The van der Waals surface area contributed by atoms with E-state index in [-0.39, 0.29) is 6.61 Å². The van der Waals surface area contributed by atoms with Crippen molar-refractivity contribution < 1.29 is 20.1 Å². The minimum Gasteiger partial charge on any atom is -0.394 e. The fourth-order valence-electron chi connectivity index (χ4n) is 7.07. The van der Waals surface area contributed by atoms with Crippen LogP contribution in [0.25, 0.3) is 0 Å². The van der Waals surface area contributed by atoms with Gasteiger partial charge >= 0.3 is 0 Å². The molecule has 0 aliphatic heterocycles. The van der Waals surface area contributed by atoms with Gasteiger partial charge in [0.25, 0.3) is 0 Å². The van der Waals surface area contributed by atoms with E-state index >= 15 is 0 Å². The Bertz CT molecular complexity index is 699. The lowest BCUT2D eigenvalue weighted by molar-refractivity contribution is -0.131. The summed E-state index contributed by atoms with van der Waals surface area (Å²) < 4.78 is 0. The summed E-state index contributed by atoms with van der Waals surface area (Å²) in [6.07, 6.45) is 48.2. The molecular formula is C45H89NO4. The van der Waals surface area contributed by atoms with Crippen LogP contribution in [-0.2, 0) is 4.79 Å². The van der Waals surface area contributed by atoms with Gasteiger partial charge in [-0.2, -0.15) is 0 Å². The maximum absolute atomic E-state index is 12.4. The molecule has 5 nitrogen and oxygen atoms in total. The van der Waals surface area contributed by atoms with E-state index < -0.39 is 24.2 Å². The van der Waals surface area contributed by atoms with Gasteiger partial charge in [0.05, 0.1) is 18.8 Å². The first-order valence-electron chi connectivity index (χ1n) is 22.5. The molecule has 0 fully saturated rings. The molecule has 0 spiro atoms. The van der Waals surface area contributed by atoms with Crippen molar-refractivity contribution >= 4 is 5.91 Å². The van der Waals surface area contributed by atoms with Gasteiger partial charge in [-0.25, -0.2) is 0 Å². The van der Waals surface area contributed by atoms with Gasteiger partial charge in [0.1, 0.15) is 6.10 Å². The van der Waals surface area contributed by atoms with Gasteiger partial charge in [-0.1, -0.05) is 238 Å². The fraction of sp³-hybridized carbons (Fsp3) is 0.933. The van der Waals surface area contributed by atoms with Crippen LogP contribution in [-0.4, -0.2) is 46.1 Å². The number of amides is 1. The minimum absolute atomic E-state index is 0.359. The Labute approximate surface area is 312 Å². The number of rotatable bonds is 41. The molecule has 298 valence electrons. The molecule has 0 aliphatic rings. The lowest BCUT2D eigenvalue weighted by atomic mass is 10.0. The highest BCUT2D eigenvalue weighted by atomic mass is 16.3. The monoisotopic (exact) mass is 708 g/mol. The molecule has 0 aromatic rings. The zero-order valence-corrected chi connectivity index (χ0v) is 33.8. The van der Waals surface area contributed by atoms with E-state index in [2.05, 4.69) is 19.2 Å². The van der Waals surface area contributed by atoms with Gasteiger partial charge < -0.3 is 20.6 Å². The molecule has 1 amide bonds. The Balaban J connectivity index is 3.56. The van der Waals surface area contributed by atoms with Crippen molar-refractivity contribution in [3.8, 4) is 0 Å². The molecule has 0 saturated heterocycles. The second-order valence-electron chi connectivity index (χ2n) is 15.6. The lowest BCUT2D eigenvalue weighted by Gasteiger charge is -2.21. The summed E-state index contributed by atoms with van der Waals surface area (Å²) in [5.74, 6) is -0.500. The Morgan fingerprint density at radius 1 is 0.480 bits per heavy atom. The van der Waals surface area contributed by atoms with Crippen LogP contribution in [0.1, 0.15) is 245 Å². The smallest absolute Gasteiger partial charge is 0.249 e. The highest BCUT2D eigenvalue weighted by Crippen LogP contribution is 2.17. The van der Waals surface area contributed by atoms with Crippen molar-refractivity contribution in [3.05, 3.63) is 12.2 Å². The van der Waals surface area contributed by atoms with Crippen molar-refractivity contribution in [2.45, 2.75) is 263 Å². The quantitative estimate of drug-likeness (QED) is 0.0376. The molecule has 0 aromatic heterocycles. The summed E-state index contributed by atoms with van der Waals surface area (Å²) in [7, 11) is 0. The van der Waals surface area contributed by atoms with Crippen molar-refractivity contribution in [3.63, 3.8) is 0 Å². The Morgan fingerprint density at radius 3 is 1.10 bits per heavy atom. The van der Waals surface area contributed by atoms with Crippen LogP contribution < -0.4 is 5.32 Å². The van der Waals surface area contributed by atoms with E-state index in [1.807, 2.05) is 6.08 Å². The van der Waals surface area contributed by atoms with Crippen LogP contribution in [0.3, 0.4) is 0 Å². The van der Waals surface area contributed by atoms with Crippen LogP contribution in [0.4, 0.5) is 0 Å². The first-order valence-corrected chi connectivity index (χ1v) is 22.5. The number of nitrogens with one attached hydrogen (secondary N) is 1. The summed E-state index contributed by atoms with van der Waals surface area (Å²) in [6.45, 7) is 4.19. The summed E-state index contributed by atoms with van der Waals surface area (Å²) >= 11 is 0. The molecule has 4 N–H and O–H groups in total. The second-order valence-corrected chi connectivity index (χ2v) is 15.6. The van der Waals surface area contributed by atoms with Crippen LogP contribution >= 0.6 is 0 Å². The first-order chi connectivity index (χ1) is 24.6. The highest BCUT2D eigenvalue weighted by Gasteiger charge is 2.22. The van der Waals surface area contributed by atoms with Gasteiger partial charge in [-0.15, -0.1) is 0 Å². The average Bonchev–Trinajstić information content (AvgIpc) is 3.12. The molecule has 0 rings (SSSR count). The number of aliphatic hydroxyl groups is 3. The van der Waals surface area contributed by atoms with E-state index in [0.29, 0.717) is 6.42 Å². The third-order valence-electron chi connectivity index (χ3n) is 10.6. The molecule has 0 heterocycles. The number of carbonyl (C=O) groups excluding carboxylic acids is 1. The lowest BCUT2D eigenvalue weighted by Crippen LogP contribution is -2.48. The molecule has 3 atom stereocenters. The summed E-state index contributed by atoms with van der Waals surface area (Å²) in [4.78, 5) is 12.4. The molecule has 0 aromatic carbocycles. The number of carbonyl (C=O) groups is 1. The van der Waals surface area contributed by atoms with Gasteiger partial charge in [0, 0.05) is 0 Å². The largest absolute Gasteiger partial charge is 0.394 e. The number of aliphatic hydroxyl groups excluding tert-OH is 3. The predicted molar refractivity (Wildman–Crippen MR) is 218 cm³/mol. The normalized spacial score (nSPS) is 13.6. The van der Waals surface area contributed by atoms with E-state index in [1.165, 1.54) is 193 Å². The topological polar surface area (TPSA) is 89.8 Å². The highest BCUT2D eigenvalue weighted by molar-refractivity contribution is 5.80. The Kier molecular flexibility index (Phi) is 40.1. The van der Waals surface area contributed by atoms with Gasteiger partial charge in [-0.3, -0.25) is 4.79 Å².